The average molecular weight is 449 g/mol. The molecule has 0 atom stereocenters. The number of anilines is 1. The SMILES string of the molecule is O=C(Nc1ccc(-c2ccc3nnc(-c4ccccn4)n3n2)cc1)c1cc(-c2ccco2)on1. The van der Waals surface area contributed by atoms with Gasteiger partial charge in [-0.3, -0.25) is 9.78 Å². The molecular formula is C24H15N7O3. The van der Waals surface area contributed by atoms with E-state index < -0.39 is 5.91 Å². The van der Waals surface area contributed by atoms with Gasteiger partial charge in [0.05, 0.1) is 12.0 Å². The van der Waals surface area contributed by atoms with Crippen LogP contribution in [0.15, 0.2) is 94.2 Å². The molecule has 0 saturated heterocycles. The third-order valence-corrected chi connectivity index (χ3v) is 5.10. The normalized spacial score (nSPS) is 11.1. The van der Waals surface area contributed by atoms with Crippen molar-refractivity contribution < 1.29 is 13.7 Å². The van der Waals surface area contributed by atoms with Crippen LogP contribution in [0.5, 0.6) is 0 Å². The lowest BCUT2D eigenvalue weighted by Gasteiger charge is -2.06. The van der Waals surface area contributed by atoms with Gasteiger partial charge in [0, 0.05) is 23.5 Å². The summed E-state index contributed by atoms with van der Waals surface area (Å²) in [5, 5.41) is 19.7. The van der Waals surface area contributed by atoms with Crippen molar-refractivity contribution in [3.63, 3.8) is 0 Å². The van der Waals surface area contributed by atoms with Crippen LogP contribution in [0.1, 0.15) is 10.5 Å². The van der Waals surface area contributed by atoms with Crippen LogP contribution in [-0.4, -0.2) is 35.9 Å². The molecule has 0 saturated carbocycles. The number of amides is 1. The van der Waals surface area contributed by atoms with Gasteiger partial charge in [0.25, 0.3) is 5.91 Å². The van der Waals surface area contributed by atoms with Crippen molar-refractivity contribution >= 4 is 17.2 Å². The molecule has 0 fully saturated rings. The lowest BCUT2D eigenvalue weighted by atomic mass is 10.1. The minimum atomic E-state index is -0.390. The van der Waals surface area contributed by atoms with E-state index in [1.165, 1.54) is 12.3 Å². The molecule has 0 aliphatic heterocycles. The van der Waals surface area contributed by atoms with E-state index in [2.05, 4.69) is 30.8 Å². The van der Waals surface area contributed by atoms with E-state index in [-0.39, 0.29) is 5.69 Å². The van der Waals surface area contributed by atoms with E-state index in [9.17, 15) is 4.79 Å². The predicted molar refractivity (Wildman–Crippen MR) is 122 cm³/mol. The molecule has 164 valence electrons. The molecule has 1 amide bonds. The molecule has 0 unspecified atom stereocenters. The predicted octanol–water partition coefficient (Wildman–Crippen LogP) is 4.35. The summed E-state index contributed by atoms with van der Waals surface area (Å²) >= 11 is 0. The second-order valence-corrected chi connectivity index (χ2v) is 7.31. The van der Waals surface area contributed by atoms with Gasteiger partial charge in [-0.15, -0.1) is 10.2 Å². The number of carbonyl (C=O) groups is 1. The first-order chi connectivity index (χ1) is 16.7. The van der Waals surface area contributed by atoms with Crippen LogP contribution < -0.4 is 5.32 Å². The number of aromatic nitrogens is 6. The number of fused-ring (bicyclic) bond motifs is 1. The topological polar surface area (TPSA) is 124 Å². The fourth-order valence-electron chi connectivity index (χ4n) is 3.43. The molecule has 0 aliphatic rings. The molecule has 5 aromatic heterocycles. The third kappa shape index (κ3) is 3.58. The summed E-state index contributed by atoms with van der Waals surface area (Å²) in [6.45, 7) is 0. The number of rotatable bonds is 5. The maximum Gasteiger partial charge on any atom is 0.277 e. The van der Waals surface area contributed by atoms with Crippen molar-refractivity contribution in [2.75, 3.05) is 5.32 Å². The number of pyridine rings is 1. The molecule has 0 spiro atoms. The Labute approximate surface area is 191 Å². The molecule has 34 heavy (non-hydrogen) atoms. The monoisotopic (exact) mass is 449 g/mol. The zero-order chi connectivity index (χ0) is 22.9. The first-order valence-electron chi connectivity index (χ1n) is 10.3. The third-order valence-electron chi connectivity index (χ3n) is 5.10. The summed E-state index contributed by atoms with van der Waals surface area (Å²) < 4.78 is 12.1. The minimum absolute atomic E-state index is 0.150. The Morgan fingerprint density at radius 3 is 2.59 bits per heavy atom. The summed E-state index contributed by atoms with van der Waals surface area (Å²) in [5.41, 5.74) is 3.65. The first kappa shape index (κ1) is 19.6. The van der Waals surface area contributed by atoms with Crippen LogP contribution >= 0.6 is 0 Å². The van der Waals surface area contributed by atoms with Crippen LogP contribution in [0.25, 0.3) is 39.9 Å². The van der Waals surface area contributed by atoms with Gasteiger partial charge < -0.3 is 14.3 Å². The average Bonchev–Trinajstić information content (AvgIpc) is 3.65. The molecule has 6 rings (SSSR count). The van der Waals surface area contributed by atoms with E-state index in [0.717, 1.165) is 11.3 Å². The molecule has 10 heteroatoms. The van der Waals surface area contributed by atoms with Gasteiger partial charge in [0.1, 0.15) is 5.69 Å². The Morgan fingerprint density at radius 2 is 1.79 bits per heavy atom. The number of carbonyl (C=O) groups excluding carboxylic acids is 1. The van der Waals surface area contributed by atoms with Gasteiger partial charge in [-0.25, -0.2) is 0 Å². The van der Waals surface area contributed by atoms with Crippen LogP contribution in [0.2, 0.25) is 0 Å². The molecule has 5 heterocycles. The molecule has 0 aliphatic carbocycles. The number of hydrogen-bond donors (Lipinski definition) is 1. The summed E-state index contributed by atoms with van der Waals surface area (Å²) in [5.74, 6) is 1.05. The minimum Gasteiger partial charge on any atom is -0.461 e. The van der Waals surface area contributed by atoms with Crippen molar-refractivity contribution in [1.29, 1.82) is 0 Å². The fourth-order valence-corrected chi connectivity index (χ4v) is 3.43. The van der Waals surface area contributed by atoms with Crippen molar-refractivity contribution in [3.05, 3.63) is 91.0 Å². The molecule has 1 N–H and O–H groups in total. The van der Waals surface area contributed by atoms with E-state index >= 15 is 0 Å². The van der Waals surface area contributed by atoms with Gasteiger partial charge in [-0.05, 0) is 48.5 Å². The summed E-state index contributed by atoms with van der Waals surface area (Å²) in [7, 11) is 0. The van der Waals surface area contributed by atoms with Crippen LogP contribution in [0, 0.1) is 0 Å². The number of nitrogens with one attached hydrogen (secondary N) is 1. The Morgan fingerprint density at radius 1 is 0.882 bits per heavy atom. The van der Waals surface area contributed by atoms with Crippen LogP contribution in [-0.2, 0) is 0 Å². The van der Waals surface area contributed by atoms with E-state index in [4.69, 9.17) is 8.94 Å². The highest BCUT2D eigenvalue weighted by Gasteiger charge is 2.16. The highest BCUT2D eigenvalue weighted by molar-refractivity contribution is 6.03. The van der Waals surface area contributed by atoms with Gasteiger partial charge in [-0.2, -0.15) is 9.61 Å². The number of benzene rings is 1. The summed E-state index contributed by atoms with van der Waals surface area (Å²) in [6, 6.07) is 21.6. The maximum absolute atomic E-state index is 12.5. The number of furan rings is 1. The van der Waals surface area contributed by atoms with Gasteiger partial charge in [-0.1, -0.05) is 23.4 Å². The Hall–Kier alpha value is -5.12. The quantitative estimate of drug-likeness (QED) is 0.412. The smallest absolute Gasteiger partial charge is 0.277 e. The largest absolute Gasteiger partial charge is 0.461 e. The zero-order valence-corrected chi connectivity index (χ0v) is 17.5. The maximum atomic E-state index is 12.5. The number of nitrogens with zero attached hydrogens (tertiary/aromatic N) is 6. The molecule has 0 bridgehead atoms. The number of hydrogen-bond acceptors (Lipinski definition) is 8. The Kier molecular flexibility index (Phi) is 4.66. The van der Waals surface area contributed by atoms with E-state index in [1.54, 1.807) is 35.0 Å². The molecule has 0 radical (unpaired) electrons. The van der Waals surface area contributed by atoms with Crippen LogP contribution in [0.4, 0.5) is 5.69 Å². The first-order valence-corrected chi connectivity index (χ1v) is 10.3. The fraction of sp³-hybridized carbons (Fsp3) is 0. The highest BCUT2D eigenvalue weighted by Crippen LogP contribution is 2.23. The van der Waals surface area contributed by atoms with Crippen molar-refractivity contribution in [2.45, 2.75) is 0 Å². The lowest BCUT2D eigenvalue weighted by molar-refractivity contribution is 0.101. The van der Waals surface area contributed by atoms with Crippen molar-refractivity contribution in [2.24, 2.45) is 0 Å². The zero-order valence-electron chi connectivity index (χ0n) is 17.5. The Bertz CT molecular complexity index is 1590. The molecular weight excluding hydrogens is 434 g/mol. The Balaban J connectivity index is 1.22. The molecule has 6 aromatic rings. The molecule has 10 nitrogen and oxygen atoms in total. The lowest BCUT2D eigenvalue weighted by Crippen LogP contribution is -2.12. The standard InChI is InChI=1S/C24H15N7O3/c32-24(19-14-21(34-30-19)20-5-3-13-33-20)26-16-8-6-15(7-9-16)17-10-11-22-27-28-23(31(22)29-17)18-4-1-2-12-25-18/h1-14H,(H,26,32). The van der Waals surface area contributed by atoms with Crippen molar-refractivity contribution in [3.8, 4) is 34.3 Å². The van der Waals surface area contributed by atoms with Gasteiger partial charge in [0.2, 0.25) is 11.6 Å². The van der Waals surface area contributed by atoms with Gasteiger partial charge >= 0.3 is 0 Å². The highest BCUT2D eigenvalue weighted by atomic mass is 16.5. The van der Waals surface area contributed by atoms with E-state index in [1.807, 2.05) is 42.5 Å². The van der Waals surface area contributed by atoms with E-state index in [0.29, 0.717) is 34.4 Å². The second-order valence-electron chi connectivity index (χ2n) is 7.31. The van der Waals surface area contributed by atoms with Gasteiger partial charge in [0.15, 0.2) is 17.1 Å². The second kappa shape index (κ2) is 8.10. The summed E-state index contributed by atoms with van der Waals surface area (Å²) in [4.78, 5) is 16.9. The molecule has 1 aromatic carbocycles. The summed E-state index contributed by atoms with van der Waals surface area (Å²) in [6.07, 6.45) is 3.22. The van der Waals surface area contributed by atoms with Crippen LogP contribution in [0.3, 0.4) is 0 Å². The van der Waals surface area contributed by atoms with Crippen molar-refractivity contribution in [1.82, 2.24) is 30.0 Å².